The molecule has 1 N–H and O–H groups in total. The fraction of sp³-hybridized carbons (Fsp3) is 0.516. The summed E-state index contributed by atoms with van der Waals surface area (Å²) in [4.78, 5) is 40.4. The first-order valence-corrected chi connectivity index (χ1v) is 14.1. The zero-order valence-corrected chi connectivity index (χ0v) is 23.4. The van der Waals surface area contributed by atoms with Gasteiger partial charge in [-0.25, -0.2) is 9.59 Å². The molecule has 0 aromatic heterocycles. The monoisotopic (exact) mass is 537 g/mol. The number of ether oxygens (including phenoxy) is 3. The number of esters is 2. The third-order valence-corrected chi connectivity index (χ3v) is 8.39. The lowest BCUT2D eigenvalue weighted by molar-refractivity contribution is -0.965. The number of aryl methyl sites for hydroxylation is 1. The molecule has 1 saturated carbocycles. The van der Waals surface area contributed by atoms with Crippen molar-refractivity contribution < 1.29 is 33.1 Å². The molecule has 1 saturated heterocycles. The maximum atomic E-state index is 14.3. The van der Waals surface area contributed by atoms with Crippen LogP contribution in [0.5, 0.6) is 5.75 Å². The van der Waals surface area contributed by atoms with Crippen molar-refractivity contribution in [2.24, 2.45) is 0 Å². The molecule has 4 rings (SSSR count). The van der Waals surface area contributed by atoms with Gasteiger partial charge in [-0.3, -0.25) is 4.79 Å². The minimum Gasteiger partial charge on any atom is -0.497 e. The molecule has 0 spiro atoms. The molecule has 0 unspecified atom stereocenters. The van der Waals surface area contributed by atoms with E-state index in [0.29, 0.717) is 34.3 Å². The van der Waals surface area contributed by atoms with Gasteiger partial charge in [-0.1, -0.05) is 30.3 Å². The molecule has 1 amide bonds. The Hall–Kier alpha value is -3.39. The Morgan fingerprint density at radius 1 is 0.949 bits per heavy atom. The average Bonchev–Trinajstić information content (AvgIpc) is 3.14. The zero-order valence-electron chi connectivity index (χ0n) is 23.4. The Bertz CT molecular complexity index is 1170. The van der Waals surface area contributed by atoms with Crippen molar-refractivity contribution in [1.29, 1.82) is 0 Å². The number of hydrogen-bond donors (Lipinski definition) is 1. The second kappa shape index (κ2) is 12.6. The Balaban J connectivity index is 1.63. The first kappa shape index (κ1) is 28.6. The fourth-order valence-corrected chi connectivity index (χ4v) is 6.13. The molecule has 2 aromatic carbocycles. The van der Waals surface area contributed by atoms with E-state index in [1.54, 1.807) is 19.1 Å². The van der Waals surface area contributed by atoms with Gasteiger partial charge >= 0.3 is 11.9 Å². The first-order valence-electron chi connectivity index (χ1n) is 14.1. The van der Waals surface area contributed by atoms with Crippen molar-refractivity contribution >= 4 is 23.5 Å². The number of nitrogens with one attached hydrogen (secondary N) is 1. The van der Waals surface area contributed by atoms with Crippen LogP contribution in [0.1, 0.15) is 73.4 Å². The predicted molar refractivity (Wildman–Crippen MR) is 148 cm³/mol. The summed E-state index contributed by atoms with van der Waals surface area (Å²) in [7, 11) is 1.54. The third kappa shape index (κ3) is 6.11. The Labute approximate surface area is 231 Å². The Morgan fingerprint density at radius 3 is 2.23 bits per heavy atom. The van der Waals surface area contributed by atoms with Gasteiger partial charge in [0.05, 0.1) is 38.1 Å². The molecule has 2 fully saturated rings. The van der Waals surface area contributed by atoms with Crippen molar-refractivity contribution in [1.82, 2.24) is 0 Å². The highest BCUT2D eigenvalue weighted by atomic mass is 16.5. The minimum absolute atomic E-state index is 0.148. The number of rotatable bonds is 10. The van der Waals surface area contributed by atoms with Gasteiger partial charge in [0.1, 0.15) is 12.4 Å². The number of carbonyl (C=O) groups excluding carboxylic acids is 3. The number of nitrogens with zero attached hydrogens (tertiary/aromatic N) is 1. The van der Waals surface area contributed by atoms with Crippen LogP contribution in [-0.4, -0.2) is 61.2 Å². The van der Waals surface area contributed by atoms with Gasteiger partial charge in [-0.05, 0) is 69.2 Å². The lowest BCUT2D eigenvalue weighted by atomic mass is 9.71. The van der Waals surface area contributed by atoms with Crippen LogP contribution in [0.3, 0.4) is 0 Å². The summed E-state index contributed by atoms with van der Waals surface area (Å²) in [5.41, 5.74) is 1.59. The second-order valence-corrected chi connectivity index (χ2v) is 10.7. The zero-order chi connectivity index (χ0) is 27.9. The van der Waals surface area contributed by atoms with E-state index in [0.717, 1.165) is 50.8 Å². The molecule has 2 aliphatic rings. The summed E-state index contributed by atoms with van der Waals surface area (Å²) in [5.74, 6) is -0.428. The number of amides is 1. The largest absolute Gasteiger partial charge is 0.497 e. The summed E-state index contributed by atoms with van der Waals surface area (Å²) in [6.07, 6.45) is 6.37. The Kier molecular flexibility index (Phi) is 9.28. The SMILES string of the molecule is CCOC(=O)c1cc(OC)cc(C)c1NC(=O)C1([N+]2(CC(=O)OCc3ccccc3)CCCCCC2)CCC1. The number of benzene rings is 2. The van der Waals surface area contributed by atoms with Crippen LogP contribution in [0.25, 0.3) is 0 Å². The number of anilines is 1. The number of methoxy groups -OCH3 is 1. The molecule has 2 aromatic rings. The molecule has 210 valence electrons. The molecule has 0 atom stereocenters. The van der Waals surface area contributed by atoms with Crippen LogP contribution in [-0.2, 0) is 25.7 Å². The molecular weight excluding hydrogens is 496 g/mol. The van der Waals surface area contributed by atoms with Crippen molar-refractivity contribution in [2.75, 3.05) is 38.7 Å². The predicted octanol–water partition coefficient (Wildman–Crippen LogP) is 5.18. The molecule has 8 nitrogen and oxygen atoms in total. The maximum absolute atomic E-state index is 14.3. The van der Waals surface area contributed by atoms with Crippen molar-refractivity contribution in [3.63, 3.8) is 0 Å². The number of quaternary nitrogens is 1. The number of carbonyl (C=O) groups is 3. The van der Waals surface area contributed by atoms with E-state index in [1.807, 2.05) is 37.3 Å². The summed E-state index contributed by atoms with van der Waals surface area (Å²) < 4.78 is 16.8. The highest BCUT2D eigenvalue weighted by Crippen LogP contribution is 2.46. The van der Waals surface area contributed by atoms with Crippen molar-refractivity contribution in [2.45, 2.75) is 70.9 Å². The van der Waals surface area contributed by atoms with Crippen molar-refractivity contribution in [3.05, 3.63) is 59.2 Å². The molecular formula is C31H41N2O6+. The van der Waals surface area contributed by atoms with Crippen LogP contribution in [0.2, 0.25) is 0 Å². The van der Waals surface area contributed by atoms with Crippen LogP contribution >= 0.6 is 0 Å². The highest BCUT2D eigenvalue weighted by molar-refractivity contribution is 6.05. The second-order valence-electron chi connectivity index (χ2n) is 10.7. The van der Waals surface area contributed by atoms with Crippen LogP contribution in [0.15, 0.2) is 42.5 Å². The summed E-state index contributed by atoms with van der Waals surface area (Å²) in [5, 5.41) is 3.12. The summed E-state index contributed by atoms with van der Waals surface area (Å²) in [6, 6.07) is 13.0. The topological polar surface area (TPSA) is 90.9 Å². The van der Waals surface area contributed by atoms with Gasteiger partial charge in [0.25, 0.3) is 5.91 Å². The molecule has 0 radical (unpaired) electrons. The van der Waals surface area contributed by atoms with Crippen LogP contribution < -0.4 is 10.1 Å². The molecule has 1 aliphatic carbocycles. The molecule has 0 bridgehead atoms. The van der Waals surface area contributed by atoms with Gasteiger partial charge < -0.3 is 24.0 Å². The van der Waals surface area contributed by atoms with Gasteiger partial charge in [0.2, 0.25) is 0 Å². The lowest BCUT2D eigenvalue weighted by Crippen LogP contribution is -2.74. The molecule has 39 heavy (non-hydrogen) atoms. The van der Waals surface area contributed by atoms with Crippen molar-refractivity contribution in [3.8, 4) is 5.75 Å². The molecule has 1 aliphatic heterocycles. The third-order valence-electron chi connectivity index (χ3n) is 8.39. The van der Waals surface area contributed by atoms with E-state index in [9.17, 15) is 14.4 Å². The Morgan fingerprint density at radius 2 is 1.64 bits per heavy atom. The van der Waals surface area contributed by atoms with Gasteiger partial charge in [-0.2, -0.15) is 0 Å². The molecule has 1 heterocycles. The summed E-state index contributed by atoms with van der Waals surface area (Å²) >= 11 is 0. The lowest BCUT2D eigenvalue weighted by Gasteiger charge is -2.55. The first-order chi connectivity index (χ1) is 18.8. The highest BCUT2D eigenvalue weighted by Gasteiger charge is 2.61. The quantitative estimate of drug-likeness (QED) is 0.332. The van der Waals surface area contributed by atoms with Crippen LogP contribution in [0.4, 0.5) is 5.69 Å². The van der Waals surface area contributed by atoms with Gasteiger partial charge in [-0.15, -0.1) is 0 Å². The minimum atomic E-state index is -0.756. The van der Waals surface area contributed by atoms with E-state index in [1.165, 1.54) is 7.11 Å². The van der Waals surface area contributed by atoms with Gasteiger partial charge in [0, 0.05) is 12.8 Å². The number of likely N-dealkylation sites (tertiary alicyclic amines) is 1. The van der Waals surface area contributed by atoms with E-state index in [-0.39, 0.29) is 37.2 Å². The van der Waals surface area contributed by atoms with Gasteiger partial charge in [0.15, 0.2) is 12.1 Å². The van der Waals surface area contributed by atoms with Crippen LogP contribution in [0, 0.1) is 6.92 Å². The maximum Gasteiger partial charge on any atom is 0.362 e. The smallest absolute Gasteiger partial charge is 0.362 e. The van der Waals surface area contributed by atoms with E-state index < -0.39 is 11.5 Å². The number of hydrogen-bond acceptors (Lipinski definition) is 6. The van der Waals surface area contributed by atoms with E-state index in [2.05, 4.69) is 5.32 Å². The summed E-state index contributed by atoms with van der Waals surface area (Å²) in [6.45, 7) is 5.68. The fourth-order valence-electron chi connectivity index (χ4n) is 6.13. The van der Waals surface area contributed by atoms with E-state index >= 15 is 0 Å². The normalized spacial score (nSPS) is 17.7. The average molecular weight is 538 g/mol. The molecule has 8 heteroatoms. The standard InChI is InChI=1S/C31H40N2O6/c1-4-38-29(35)26-20-25(37-3)19-23(2)28(26)32-30(36)31(15-12-16-31)33(17-10-5-6-11-18-33)21-27(34)39-22-24-13-8-7-9-14-24/h7-9,13-14,19-20H,4-6,10-12,15-18,21-22H2,1-3H3/p+1. The van der Waals surface area contributed by atoms with E-state index in [4.69, 9.17) is 14.2 Å².